The van der Waals surface area contributed by atoms with E-state index in [0.29, 0.717) is 23.0 Å². The Labute approximate surface area is 118 Å². The van der Waals surface area contributed by atoms with Crippen LogP contribution in [0.25, 0.3) is 11.0 Å². The lowest BCUT2D eigenvalue weighted by atomic mass is 10.1. The average molecular weight is 272 g/mol. The Balaban J connectivity index is 2.27. The van der Waals surface area contributed by atoms with Crippen LogP contribution in [0.3, 0.4) is 0 Å². The molecule has 1 aromatic heterocycles. The van der Waals surface area contributed by atoms with Gasteiger partial charge in [0.25, 0.3) is 0 Å². The van der Waals surface area contributed by atoms with Crippen molar-refractivity contribution < 1.29 is 9.90 Å². The Morgan fingerprint density at radius 3 is 2.65 bits per heavy atom. The van der Waals surface area contributed by atoms with Crippen molar-refractivity contribution in [3.05, 3.63) is 29.6 Å². The molecule has 1 aliphatic carbocycles. The molecule has 1 heterocycles. The van der Waals surface area contributed by atoms with Crippen LogP contribution in [0.2, 0.25) is 0 Å². The van der Waals surface area contributed by atoms with Gasteiger partial charge in [0.2, 0.25) is 0 Å². The second kappa shape index (κ2) is 4.93. The molecule has 0 amide bonds. The molecule has 0 bridgehead atoms. The molecule has 1 aliphatic rings. The van der Waals surface area contributed by atoms with Crippen molar-refractivity contribution in [2.75, 3.05) is 0 Å². The molecule has 1 saturated carbocycles. The summed E-state index contributed by atoms with van der Waals surface area (Å²) in [4.78, 5) is 16.0. The molecule has 106 valence electrons. The van der Waals surface area contributed by atoms with E-state index in [1.807, 2.05) is 12.1 Å². The van der Waals surface area contributed by atoms with Crippen LogP contribution in [0, 0.1) is 0 Å². The summed E-state index contributed by atoms with van der Waals surface area (Å²) in [6, 6.07) is 5.93. The van der Waals surface area contributed by atoms with Crippen molar-refractivity contribution in [3.63, 3.8) is 0 Å². The predicted octanol–water partition coefficient (Wildman–Crippen LogP) is 3.97. The van der Waals surface area contributed by atoms with Gasteiger partial charge in [-0.05, 0) is 25.0 Å². The number of nitrogens with zero attached hydrogens (tertiary/aromatic N) is 2. The third kappa shape index (κ3) is 1.99. The summed E-state index contributed by atoms with van der Waals surface area (Å²) in [7, 11) is 0. The molecule has 0 unspecified atom stereocenters. The van der Waals surface area contributed by atoms with Gasteiger partial charge >= 0.3 is 5.97 Å². The highest BCUT2D eigenvalue weighted by atomic mass is 16.4. The summed E-state index contributed by atoms with van der Waals surface area (Å²) in [6.45, 7) is 4.24. The molecule has 0 spiro atoms. The number of imidazole rings is 1. The van der Waals surface area contributed by atoms with Gasteiger partial charge in [0.1, 0.15) is 11.3 Å². The van der Waals surface area contributed by atoms with Gasteiger partial charge in [-0.1, -0.05) is 32.8 Å². The van der Waals surface area contributed by atoms with Gasteiger partial charge in [0, 0.05) is 12.0 Å². The van der Waals surface area contributed by atoms with Crippen molar-refractivity contribution in [2.24, 2.45) is 0 Å². The highest BCUT2D eigenvalue weighted by molar-refractivity contribution is 6.01. The van der Waals surface area contributed by atoms with E-state index < -0.39 is 5.97 Å². The van der Waals surface area contributed by atoms with Crippen LogP contribution in [0.5, 0.6) is 0 Å². The van der Waals surface area contributed by atoms with Crippen LogP contribution in [-0.2, 0) is 0 Å². The van der Waals surface area contributed by atoms with Crippen molar-refractivity contribution in [1.82, 2.24) is 9.55 Å². The number of benzene rings is 1. The molecule has 1 aromatic carbocycles. The highest BCUT2D eigenvalue weighted by Gasteiger charge is 2.25. The summed E-state index contributed by atoms with van der Waals surface area (Å²) < 4.78 is 2.29. The van der Waals surface area contributed by atoms with Crippen LogP contribution in [-0.4, -0.2) is 20.6 Å². The summed E-state index contributed by atoms with van der Waals surface area (Å²) in [5.41, 5.74) is 1.91. The van der Waals surface area contributed by atoms with Gasteiger partial charge in [-0.25, -0.2) is 9.78 Å². The molecular formula is C16H20N2O2. The third-order valence-corrected chi connectivity index (χ3v) is 4.18. The molecule has 4 heteroatoms. The molecular weight excluding hydrogens is 252 g/mol. The Morgan fingerprint density at radius 1 is 1.35 bits per heavy atom. The fraction of sp³-hybridized carbons (Fsp3) is 0.500. The number of fused-ring (bicyclic) bond motifs is 1. The lowest BCUT2D eigenvalue weighted by molar-refractivity contribution is 0.0699. The number of aromatic carboxylic acids is 1. The molecule has 4 nitrogen and oxygen atoms in total. The van der Waals surface area contributed by atoms with Gasteiger partial charge in [0.15, 0.2) is 0 Å². The van der Waals surface area contributed by atoms with Gasteiger partial charge < -0.3 is 9.67 Å². The second-order valence-electron chi connectivity index (χ2n) is 5.91. The lowest BCUT2D eigenvalue weighted by Crippen LogP contribution is -2.10. The highest BCUT2D eigenvalue weighted by Crippen LogP contribution is 2.36. The summed E-state index contributed by atoms with van der Waals surface area (Å²) in [6.07, 6.45) is 4.84. The van der Waals surface area contributed by atoms with E-state index in [0.717, 1.165) is 11.3 Å². The van der Waals surface area contributed by atoms with Crippen molar-refractivity contribution in [3.8, 4) is 0 Å². The monoisotopic (exact) mass is 272 g/mol. The van der Waals surface area contributed by atoms with E-state index in [1.165, 1.54) is 25.7 Å². The maximum Gasteiger partial charge on any atom is 0.337 e. The molecule has 0 saturated heterocycles. The number of hydrogen-bond acceptors (Lipinski definition) is 2. The first-order valence-electron chi connectivity index (χ1n) is 7.33. The standard InChI is InChI=1S/C16H20N2O2/c1-10(2)15-17-14-12(16(19)20)8-5-9-13(14)18(15)11-6-3-4-7-11/h5,8-11H,3-4,6-7H2,1-2H3,(H,19,20). The van der Waals surface area contributed by atoms with Crippen molar-refractivity contribution in [1.29, 1.82) is 0 Å². The summed E-state index contributed by atoms with van der Waals surface area (Å²) in [5, 5.41) is 9.34. The Kier molecular flexibility index (Phi) is 3.24. The molecule has 0 aliphatic heterocycles. The van der Waals surface area contributed by atoms with E-state index in [-0.39, 0.29) is 0 Å². The van der Waals surface area contributed by atoms with Gasteiger partial charge in [0.05, 0.1) is 11.1 Å². The summed E-state index contributed by atoms with van der Waals surface area (Å²) >= 11 is 0. The topological polar surface area (TPSA) is 55.1 Å². The van der Waals surface area contributed by atoms with E-state index in [4.69, 9.17) is 0 Å². The number of aromatic nitrogens is 2. The number of rotatable bonds is 3. The normalized spacial score (nSPS) is 16.4. The third-order valence-electron chi connectivity index (χ3n) is 4.18. The Hall–Kier alpha value is -1.84. The van der Waals surface area contributed by atoms with Crippen LogP contribution in [0.1, 0.15) is 67.7 Å². The van der Waals surface area contributed by atoms with Gasteiger partial charge in [-0.2, -0.15) is 0 Å². The fourth-order valence-electron chi connectivity index (χ4n) is 3.26. The first kappa shape index (κ1) is 13.2. The average Bonchev–Trinajstić information content (AvgIpc) is 3.03. The summed E-state index contributed by atoms with van der Waals surface area (Å²) in [5.74, 6) is 0.409. The smallest absolute Gasteiger partial charge is 0.337 e. The quantitative estimate of drug-likeness (QED) is 0.919. The molecule has 2 aromatic rings. The molecule has 20 heavy (non-hydrogen) atoms. The zero-order valence-corrected chi connectivity index (χ0v) is 12.0. The first-order chi connectivity index (χ1) is 9.59. The van der Waals surface area contributed by atoms with E-state index in [1.54, 1.807) is 6.07 Å². The molecule has 0 atom stereocenters. The minimum atomic E-state index is -0.901. The Bertz CT molecular complexity index is 652. The number of carboxylic acid groups (broad SMARTS) is 1. The second-order valence-corrected chi connectivity index (χ2v) is 5.91. The van der Waals surface area contributed by atoms with Crippen molar-refractivity contribution in [2.45, 2.75) is 51.5 Å². The van der Waals surface area contributed by atoms with Crippen LogP contribution >= 0.6 is 0 Å². The van der Waals surface area contributed by atoms with Crippen LogP contribution < -0.4 is 0 Å². The van der Waals surface area contributed by atoms with E-state index >= 15 is 0 Å². The Morgan fingerprint density at radius 2 is 2.05 bits per heavy atom. The number of hydrogen-bond donors (Lipinski definition) is 1. The molecule has 1 N–H and O–H groups in total. The number of para-hydroxylation sites is 1. The zero-order valence-electron chi connectivity index (χ0n) is 12.0. The maximum absolute atomic E-state index is 11.4. The SMILES string of the molecule is CC(C)c1nc2c(C(=O)O)cccc2n1C1CCCC1. The molecule has 1 fully saturated rings. The maximum atomic E-state index is 11.4. The van der Waals surface area contributed by atoms with Gasteiger partial charge in [-0.3, -0.25) is 0 Å². The fourth-order valence-corrected chi connectivity index (χ4v) is 3.26. The largest absolute Gasteiger partial charge is 0.478 e. The molecule has 0 radical (unpaired) electrons. The van der Waals surface area contributed by atoms with Crippen molar-refractivity contribution >= 4 is 17.0 Å². The predicted molar refractivity (Wildman–Crippen MR) is 78.3 cm³/mol. The minimum Gasteiger partial charge on any atom is -0.478 e. The minimum absolute atomic E-state index is 0.296. The van der Waals surface area contributed by atoms with Crippen LogP contribution in [0.15, 0.2) is 18.2 Å². The zero-order chi connectivity index (χ0) is 14.3. The number of carbonyl (C=O) groups is 1. The van der Waals surface area contributed by atoms with E-state index in [9.17, 15) is 9.90 Å². The van der Waals surface area contributed by atoms with Crippen LogP contribution in [0.4, 0.5) is 0 Å². The van der Waals surface area contributed by atoms with Gasteiger partial charge in [-0.15, -0.1) is 0 Å². The first-order valence-corrected chi connectivity index (χ1v) is 7.33. The number of carboxylic acids is 1. The van der Waals surface area contributed by atoms with E-state index in [2.05, 4.69) is 23.4 Å². The lowest BCUT2D eigenvalue weighted by Gasteiger charge is -2.18. The molecule has 3 rings (SSSR count).